The van der Waals surface area contributed by atoms with Gasteiger partial charge in [-0.15, -0.1) is 0 Å². The van der Waals surface area contributed by atoms with Crippen molar-refractivity contribution in [2.75, 3.05) is 41.0 Å². The molecule has 1 atom stereocenters. The Balaban J connectivity index is 1.77. The number of rotatable bonds is 8. The van der Waals surface area contributed by atoms with Gasteiger partial charge in [-0.25, -0.2) is 0 Å². The van der Waals surface area contributed by atoms with E-state index in [0.717, 1.165) is 13.1 Å². The zero-order chi connectivity index (χ0) is 19.9. The number of methoxy groups -OCH3 is 3. The number of carbonyl (C=O) groups is 1. The molecule has 0 spiro atoms. The van der Waals surface area contributed by atoms with Gasteiger partial charge in [0, 0.05) is 24.0 Å². The Kier molecular flexibility index (Phi) is 6.76. The summed E-state index contributed by atoms with van der Waals surface area (Å²) < 4.78 is 16.0. The first kappa shape index (κ1) is 20.0. The number of amides is 1. The summed E-state index contributed by atoms with van der Waals surface area (Å²) in [6.07, 6.45) is 2.47. The molecule has 0 radical (unpaired) electrons. The molecule has 6 heteroatoms. The van der Waals surface area contributed by atoms with E-state index >= 15 is 0 Å². The molecule has 1 saturated heterocycles. The van der Waals surface area contributed by atoms with Crippen molar-refractivity contribution in [1.29, 1.82) is 0 Å². The number of quaternary nitrogens is 1. The van der Waals surface area contributed by atoms with Crippen molar-refractivity contribution in [3.05, 3.63) is 53.6 Å². The van der Waals surface area contributed by atoms with Crippen LogP contribution >= 0.6 is 0 Å². The molecule has 1 heterocycles. The normalized spacial score (nSPS) is 15.1. The highest BCUT2D eigenvalue weighted by atomic mass is 16.5. The summed E-state index contributed by atoms with van der Waals surface area (Å²) >= 11 is 0. The van der Waals surface area contributed by atoms with E-state index in [1.54, 1.807) is 33.5 Å². The SMILES string of the molecule is COc1cc(C(=O)NC[C@@H](c2ccccc2)[NH+]2CCCC2)cc(OC)c1OC. The first-order valence-corrected chi connectivity index (χ1v) is 9.65. The molecular formula is C22H29N2O4+. The minimum absolute atomic E-state index is 0.154. The molecular weight excluding hydrogens is 356 g/mol. The summed E-state index contributed by atoms with van der Waals surface area (Å²) in [4.78, 5) is 14.4. The number of likely N-dealkylation sites (tertiary alicyclic amines) is 1. The zero-order valence-electron chi connectivity index (χ0n) is 16.8. The van der Waals surface area contributed by atoms with Gasteiger partial charge in [0.1, 0.15) is 6.04 Å². The van der Waals surface area contributed by atoms with Crippen LogP contribution in [-0.2, 0) is 0 Å². The van der Waals surface area contributed by atoms with E-state index in [2.05, 4.69) is 29.6 Å². The van der Waals surface area contributed by atoms with E-state index in [4.69, 9.17) is 14.2 Å². The lowest BCUT2D eigenvalue weighted by molar-refractivity contribution is -0.918. The van der Waals surface area contributed by atoms with E-state index < -0.39 is 0 Å². The number of carbonyl (C=O) groups excluding carboxylic acids is 1. The average molecular weight is 385 g/mol. The Morgan fingerprint density at radius 1 is 1.00 bits per heavy atom. The first-order valence-electron chi connectivity index (χ1n) is 9.65. The van der Waals surface area contributed by atoms with Crippen LogP contribution in [0.1, 0.15) is 34.8 Å². The summed E-state index contributed by atoms with van der Waals surface area (Å²) in [6.45, 7) is 2.86. The van der Waals surface area contributed by atoms with E-state index in [1.807, 2.05) is 6.07 Å². The van der Waals surface area contributed by atoms with Crippen molar-refractivity contribution in [1.82, 2.24) is 5.32 Å². The van der Waals surface area contributed by atoms with Gasteiger partial charge in [0.2, 0.25) is 5.75 Å². The largest absolute Gasteiger partial charge is 0.493 e. The highest BCUT2D eigenvalue weighted by Gasteiger charge is 2.28. The summed E-state index contributed by atoms with van der Waals surface area (Å²) in [5.41, 5.74) is 1.74. The minimum Gasteiger partial charge on any atom is -0.493 e. The molecule has 2 aromatic rings. The van der Waals surface area contributed by atoms with Crippen LogP contribution in [0.4, 0.5) is 0 Å². The second-order valence-electron chi connectivity index (χ2n) is 6.95. The quantitative estimate of drug-likeness (QED) is 0.728. The van der Waals surface area contributed by atoms with Gasteiger partial charge >= 0.3 is 0 Å². The molecule has 0 unspecified atom stereocenters. The molecule has 0 bridgehead atoms. The third kappa shape index (κ3) is 4.39. The van der Waals surface area contributed by atoms with Crippen LogP contribution in [0.2, 0.25) is 0 Å². The molecule has 2 aromatic carbocycles. The fourth-order valence-electron chi connectivity index (χ4n) is 3.87. The lowest BCUT2D eigenvalue weighted by atomic mass is 10.1. The van der Waals surface area contributed by atoms with Crippen LogP contribution in [0.5, 0.6) is 17.2 Å². The van der Waals surface area contributed by atoms with Crippen LogP contribution in [0, 0.1) is 0 Å². The Morgan fingerprint density at radius 2 is 1.61 bits per heavy atom. The van der Waals surface area contributed by atoms with Gasteiger partial charge in [0.25, 0.3) is 5.91 Å². The van der Waals surface area contributed by atoms with Gasteiger partial charge < -0.3 is 24.4 Å². The van der Waals surface area contributed by atoms with Crippen LogP contribution in [-0.4, -0.2) is 46.9 Å². The third-order valence-corrected chi connectivity index (χ3v) is 5.33. The maximum atomic E-state index is 12.9. The van der Waals surface area contributed by atoms with Gasteiger partial charge in [-0.3, -0.25) is 4.79 Å². The van der Waals surface area contributed by atoms with Crippen molar-refractivity contribution in [2.24, 2.45) is 0 Å². The van der Waals surface area contributed by atoms with E-state index in [-0.39, 0.29) is 11.9 Å². The standard InChI is InChI=1S/C22H28N2O4/c1-26-19-13-17(14-20(27-2)21(19)28-3)22(25)23-15-18(24-11-7-8-12-24)16-9-5-4-6-10-16/h4-6,9-10,13-14,18H,7-8,11-12,15H2,1-3H3,(H,23,25)/p+1/t18-/m0/s1. The van der Waals surface area contributed by atoms with Gasteiger partial charge in [-0.05, 0) is 12.1 Å². The molecule has 0 saturated carbocycles. The van der Waals surface area contributed by atoms with Crippen molar-refractivity contribution in [3.63, 3.8) is 0 Å². The predicted octanol–water partition coefficient (Wildman–Crippen LogP) is 1.86. The van der Waals surface area contributed by atoms with Crippen LogP contribution in [0.25, 0.3) is 0 Å². The lowest BCUT2D eigenvalue weighted by Crippen LogP contribution is -3.11. The molecule has 150 valence electrons. The lowest BCUT2D eigenvalue weighted by Gasteiger charge is -2.25. The minimum atomic E-state index is -0.154. The van der Waals surface area contributed by atoms with Gasteiger partial charge in [0.05, 0.1) is 41.0 Å². The molecule has 2 N–H and O–H groups in total. The topological polar surface area (TPSA) is 61.2 Å². The van der Waals surface area contributed by atoms with Crippen molar-refractivity contribution in [2.45, 2.75) is 18.9 Å². The molecule has 1 fully saturated rings. The predicted molar refractivity (Wildman–Crippen MR) is 108 cm³/mol. The maximum Gasteiger partial charge on any atom is 0.251 e. The highest BCUT2D eigenvalue weighted by Crippen LogP contribution is 2.38. The molecule has 3 rings (SSSR count). The summed E-state index contributed by atoms with van der Waals surface area (Å²) in [5.74, 6) is 1.26. The van der Waals surface area contributed by atoms with E-state index in [1.165, 1.54) is 23.3 Å². The van der Waals surface area contributed by atoms with E-state index in [0.29, 0.717) is 29.4 Å². The van der Waals surface area contributed by atoms with Gasteiger partial charge in [-0.2, -0.15) is 0 Å². The molecule has 28 heavy (non-hydrogen) atoms. The number of hydrogen-bond acceptors (Lipinski definition) is 4. The van der Waals surface area contributed by atoms with Gasteiger partial charge in [0.15, 0.2) is 11.5 Å². The first-order chi connectivity index (χ1) is 13.7. The van der Waals surface area contributed by atoms with Crippen molar-refractivity contribution < 1.29 is 23.9 Å². The Bertz CT molecular complexity index is 763. The highest BCUT2D eigenvalue weighted by molar-refractivity contribution is 5.95. The fraction of sp³-hybridized carbons (Fsp3) is 0.409. The zero-order valence-corrected chi connectivity index (χ0v) is 16.8. The Hall–Kier alpha value is -2.73. The van der Waals surface area contributed by atoms with Crippen molar-refractivity contribution in [3.8, 4) is 17.2 Å². The monoisotopic (exact) mass is 385 g/mol. The molecule has 1 aliphatic rings. The number of ether oxygens (including phenoxy) is 3. The maximum absolute atomic E-state index is 12.9. The second-order valence-corrected chi connectivity index (χ2v) is 6.95. The summed E-state index contributed by atoms with van der Waals surface area (Å²) in [5, 5.41) is 3.10. The fourth-order valence-corrected chi connectivity index (χ4v) is 3.87. The Morgan fingerprint density at radius 3 is 2.14 bits per heavy atom. The van der Waals surface area contributed by atoms with Crippen LogP contribution < -0.4 is 24.4 Å². The van der Waals surface area contributed by atoms with Gasteiger partial charge in [-0.1, -0.05) is 30.3 Å². The molecule has 1 aliphatic heterocycles. The van der Waals surface area contributed by atoms with Crippen LogP contribution in [0.15, 0.2) is 42.5 Å². The van der Waals surface area contributed by atoms with Crippen LogP contribution in [0.3, 0.4) is 0 Å². The number of benzene rings is 2. The number of nitrogens with one attached hydrogen (secondary N) is 2. The third-order valence-electron chi connectivity index (χ3n) is 5.33. The molecule has 6 nitrogen and oxygen atoms in total. The van der Waals surface area contributed by atoms with Crippen molar-refractivity contribution >= 4 is 5.91 Å². The second kappa shape index (κ2) is 9.46. The summed E-state index contributed by atoms with van der Waals surface area (Å²) in [6, 6.07) is 14.0. The smallest absolute Gasteiger partial charge is 0.251 e. The summed E-state index contributed by atoms with van der Waals surface area (Å²) in [7, 11) is 4.63. The molecule has 0 aliphatic carbocycles. The Labute approximate surface area is 166 Å². The average Bonchev–Trinajstić information content (AvgIpc) is 3.27. The number of hydrogen-bond donors (Lipinski definition) is 2. The molecule has 1 amide bonds. The van der Waals surface area contributed by atoms with E-state index in [9.17, 15) is 4.79 Å². The molecule has 0 aromatic heterocycles.